The van der Waals surface area contributed by atoms with E-state index in [4.69, 9.17) is 9.84 Å². The number of carbonyl (C=O) groups is 2. The molecule has 0 bridgehead atoms. The lowest BCUT2D eigenvalue weighted by molar-refractivity contribution is -0.142. The number of unbranched alkanes of at least 4 members (excludes halogenated alkanes) is 6. The van der Waals surface area contributed by atoms with Crippen LogP contribution in [0.25, 0.3) is 0 Å². The van der Waals surface area contributed by atoms with Gasteiger partial charge in [-0.15, -0.1) is 0 Å². The highest BCUT2D eigenvalue weighted by molar-refractivity contribution is 5.84. The zero-order valence-electron chi connectivity index (χ0n) is 19.5. The number of carboxylic acid groups (broad SMARTS) is 1. The van der Waals surface area contributed by atoms with Crippen LogP contribution in [-0.4, -0.2) is 36.9 Å². The molecule has 0 fully saturated rings. The lowest BCUT2D eigenvalue weighted by Gasteiger charge is -2.01. The molecule has 0 heterocycles. The average Bonchev–Trinajstić information content (AvgIpc) is 2.72. The molecular weight excluding hydrogens is 380 g/mol. The maximum absolute atomic E-state index is 10.1. The van der Waals surface area contributed by atoms with Crippen molar-refractivity contribution < 1.29 is 24.2 Å². The fourth-order valence-corrected chi connectivity index (χ4v) is 2.32. The Morgan fingerprint density at radius 1 is 0.900 bits per heavy atom. The summed E-state index contributed by atoms with van der Waals surface area (Å²) in [6, 6.07) is 10.8. The summed E-state index contributed by atoms with van der Waals surface area (Å²) in [5, 5.41) is 7.89. The number of esters is 1. The van der Waals surface area contributed by atoms with E-state index < -0.39 is 5.97 Å². The Bertz CT molecular complexity index is 528. The van der Waals surface area contributed by atoms with Crippen LogP contribution in [0.1, 0.15) is 78.2 Å². The Morgan fingerprint density at radius 3 is 1.90 bits per heavy atom. The summed E-state index contributed by atoms with van der Waals surface area (Å²) in [7, 11) is 0. The monoisotopic (exact) mass is 422 g/mol. The Morgan fingerprint density at radius 2 is 1.43 bits per heavy atom. The first-order chi connectivity index (χ1) is 14.3. The lowest BCUT2D eigenvalue weighted by Crippen LogP contribution is -2.06. The summed E-state index contributed by atoms with van der Waals surface area (Å²) < 4.78 is 9.49. The standard InChI is InChI=1S/C15H24.C6H12O3.C4H6O2/c1-2-3-4-5-6-7-9-12-15-13-10-8-11-14-15;1-3-8-4-5-9-6(2)7;1-3(2)4(5)6/h8,10-11,13-14H,2-7,9,12H2,1H3;3-5H2,1-2H3;1H2,2H3,(H,5,6). The lowest BCUT2D eigenvalue weighted by atomic mass is 10.0. The number of hydrogen-bond donors (Lipinski definition) is 1. The normalized spacial score (nSPS) is 9.47. The molecule has 0 atom stereocenters. The van der Waals surface area contributed by atoms with Crippen molar-refractivity contribution in [3.8, 4) is 0 Å². The van der Waals surface area contributed by atoms with Crippen molar-refractivity contribution in [3.05, 3.63) is 48.0 Å². The molecule has 172 valence electrons. The number of aliphatic carboxylic acids is 1. The predicted octanol–water partition coefficient (Wildman–Crippen LogP) is 6.21. The molecule has 5 heteroatoms. The summed E-state index contributed by atoms with van der Waals surface area (Å²) in [4.78, 5) is 19.7. The number of aryl methyl sites for hydroxylation is 1. The fourth-order valence-electron chi connectivity index (χ4n) is 2.32. The molecule has 0 aliphatic carbocycles. The Kier molecular flexibility index (Phi) is 23.2. The zero-order chi connectivity index (χ0) is 23.0. The van der Waals surface area contributed by atoms with E-state index in [1.807, 2.05) is 6.92 Å². The third kappa shape index (κ3) is 25.9. The van der Waals surface area contributed by atoms with Crippen LogP contribution in [0.15, 0.2) is 42.5 Å². The first kappa shape index (κ1) is 30.1. The predicted molar refractivity (Wildman–Crippen MR) is 124 cm³/mol. The highest BCUT2D eigenvalue weighted by Crippen LogP contribution is 2.10. The summed E-state index contributed by atoms with van der Waals surface area (Å²) >= 11 is 0. The van der Waals surface area contributed by atoms with Crippen LogP contribution in [0.3, 0.4) is 0 Å². The van der Waals surface area contributed by atoms with Gasteiger partial charge >= 0.3 is 11.9 Å². The summed E-state index contributed by atoms with van der Waals surface area (Å²) in [6.45, 7) is 11.7. The largest absolute Gasteiger partial charge is 0.478 e. The molecule has 0 saturated heterocycles. The van der Waals surface area contributed by atoms with Gasteiger partial charge in [-0.05, 0) is 32.3 Å². The van der Waals surface area contributed by atoms with Crippen molar-refractivity contribution in [2.24, 2.45) is 0 Å². The molecule has 0 saturated carbocycles. The van der Waals surface area contributed by atoms with Crippen molar-refractivity contribution >= 4 is 11.9 Å². The van der Waals surface area contributed by atoms with Gasteiger partial charge in [-0.1, -0.05) is 82.4 Å². The smallest absolute Gasteiger partial charge is 0.330 e. The quantitative estimate of drug-likeness (QED) is 0.232. The van der Waals surface area contributed by atoms with E-state index in [0.717, 1.165) is 0 Å². The van der Waals surface area contributed by atoms with E-state index >= 15 is 0 Å². The number of rotatable bonds is 13. The molecule has 1 aromatic rings. The van der Waals surface area contributed by atoms with Crippen LogP contribution in [0.5, 0.6) is 0 Å². The van der Waals surface area contributed by atoms with Crippen LogP contribution in [0.2, 0.25) is 0 Å². The van der Waals surface area contributed by atoms with Crippen molar-refractivity contribution in [2.45, 2.75) is 79.1 Å². The first-order valence-corrected chi connectivity index (χ1v) is 11.0. The maximum atomic E-state index is 10.1. The van der Waals surface area contributed by atoms with Gasteiger partial charge in [0.2, 0.25) is 0 Å². The minimum absolute atomic E-state index is 0.176. The van der Waals surface area contributed by atoms with Crippen LogP contribution >= 0.6 is 0 Å². The molecule has 0 aromatic heterocycles. The first-order valence-electron chi connectivity index (χ1n) is 11.0. The maximum Gasteiger partial charge on any atom is 0.330 e. The Hall–Kier alpha value is -2.14. The van der Waals surface area contributed by atoms with Gasteiger partial charge in [-0.2, -0.15) is 0 Å². The molecule has 1 rings (SSSR count). The molecule has 0 spiro atoms. The van der Waals surface area contributed by atoms with Gasteiger partial charge in [0.1, 0.15) is 6.61 Å². The third-order valence-corrected chi connectivity index (χ3v) is 4.01. The second-order valence-corrected chi connectivity index (χ2v) is 6.98. The van der Waals surface area contributed by atoms with Crippen LogP contribution in [0, 0.1) is 0 Å². The molecule has 0 aliphatic rings. The summed E-state index contributed by atoms with van der Waals surface area (Å²) in [5.41, 5.74) is 1.67. The summed E-state index contributed by atoms with van der Waals surface area (Å²) in [6.07, 6.45) is 11.1. The number of carbonyl (C=O) groups excluding carboxylic acids is 1. The molecule has 0 amide bonds. The number of ether oxygens (including phenoxy) is 2. The SMILES string of the molecule is C=C(C)C(=O)O.CCCCCCCCCc1ccccc1.CCOCCOC(C)=O. The zero-order valence-corrected chi connectivity index (χ0v) is 19.5. The fraction of sp³-hybridized carbons (Fsp3) is 0.600. The highest BCUT2D eigenvalue weighted by atomic mass is 16.6. The van der Waals surface area contributed by atoms with E-state index in [0.29, 0.717) is 19.8 Å². The second kappa shape index (κ2) is 23.1. The number of benzene rings is 1. The van der Waals surface area contributed by atoms with Crippen molar-refractivity contribution in [3.63, 3.8) is 0 Å². The minimum Gasteiger partial charge on any atom is -0.478 e. The van der Waals surface area contributed by atoms with E-state index in [9.17, 15) is 9.59 Å². The van der Waals surface area contributed by atoms with Gasteiger partial charge in [0, 0.05) is 19.1 Å². The molecule has 5 nitrogen and oxygen atoms in total. The van der Waals surface area contributed by atoms with Gasteiger partial charge < -0.3 is 14.6 Å². The highest BCUT2D eigenvalue weighted by Gasteiger charge is 1.93. The van der Waals surface area contributed by atoms with E-state index in [1.54, 1.807) is 0 Å². The van der Waals surface area contributed by atoms with Gasteiger partial charge in [-0.3, -0.25) is 4.79 Å². The number of carboxylic acids is 1. The molecule has 1 aromatic carbocycles. The van der Waals surface area contributed by atoms with Crippen LogP contribution < -0.4 is 0 Å². The van der Waals surface area contributed by atoms with Crippen molar-refractivity contribution in [2.75, 3.05) is 19.8 Å². The van der Waals surface area contributed by atoms with Gasteiger partial charge in [0.15, 0.2) is 0 Å². The Labute approximate surface area is 183 Å². The van der Waals surface area contributed by atoms with Crippen LogP contribution in [-0.2, 0) is 25.5 Å². The minimum atomic E-state index is -0.935. The topological polar surface area (TPSA) is 72.8 Å². The third-order valence-electron chi connectivity index (χ3n) is 4.01. The van der Waals surface area contributed by atoms with Crippen LogP contribution in [0.4, 0.5) is 0 Å². The molecule has 0 aliphatic heterocycles. The molecule has 0 radical (unpaired) electrons. The van der Waals surface area contributed by atoms with Gasteiger partial charge in [-0.25, -0.2) is 4.79 Å². The molecular formula is C25H42O5. The molecule has 1 N–H and O–H groups in total. The van der Waals surface area contributed by atoms with Crippen molar-refractivity contribution in [1.29, 1.82) is 0 Å². The van der Waals surface area contributed by atoms with E-state index in [-0.39, 0.29) is 11.5 Å². The Balaban J connectivity index is 0. The number of hydrogen-bond acceptors (Lipinski definition) is 4. The average molecular weight is 423 g/mol. The van der Waals surface area contributed by atoms with E-state index in [2.05, 4.69) is 48.6 Å². The van der Waals surface area contributed by atoms with Gasteiger partial charge in [0.05, 0.1) is 6.61 Å². The van der Waals surface area contributed by atoms with Crippen molar-refractivity contribution in [1.82, 2.24) is 0 Å². The van der Waals surface area contributed by atoms with E-state index in [1.165, 1.54) is 70.8 Å². The summed E-state index contributed by atoms with van der Waals surface area (Å²) in [5.74, 6) is -1.19. The molecule has 0 unspecified atom stereocenters. The van der Waals surface area contributed by atoms with Gasteiger partial charge in [0.25, 0.3) is 0 Å². The molecule has 30 heavy (non-hydrogen) atoms. The second-order valence-electron chi connectivity index (χ2n) is 6.98.